The monoisotopic (exact) mass is 462 g/mol. The minimum atomic E-state index is 0.401. The van der Waals surface area contributed by atoms with Crippen LogP contribution in [0, 0.1) is 11.3 Å². The van der Waals surface area contributed by atoms with Gasteiger partial charge in [-0.15, -0.1) is 10.2 Å². The van der Waals surface area contributed by atoms with Crippen LogP contribution in [-0.2, 0) is 7.05 Å². The molecule has 1 aromatic heterocycles. The summed E-state index contributed by atoms with van der Waals surface area (Å²) < 4.78 is 8.81. The predicted octanol–water partition coefficient (Wildman–Crippen LogP) is 3.80. The molecule has 3 rings (SSSR count). The molecule has 0 radical (unpaired) electrons. The second-order valence-corrected chi connectivity index (χ2v) is 7.95. The summed E-state index contributed by atoms with van der Waals surface area (Å²) >= 11 is 3.63. The SMILES string of the molecule is CC.CN(C)CCOc1ccc(Br)c(N2CCC(c3nncn3C)CC2)c1C#N. The van der Waals surface area contributed by atoms with E-state index in [4.69, 9.17) is 4.74 Å². The summed E-state index contributed by atoms with van der Waals surface area (Å²) in [6, 6.07) is 6.19. The van der Waals surface area contributed by atoms with E-state index in [1.54, 1.807) is 6.33 Å². The topological polar surface area (TPSA) is 70.2 Å². The van der Waals surface area contributed by atoms with Gasteiger partial charge in [0.05, 0.1) is 5.69 Å². The van der Waals surface area contributed by atoms with Gasteiger partial charge in [0.1, 0.15) is 36.1 Å². The lowest BCUT2D eigenvalue weighted by Crippen LogP contribution is -2.34. The molecule has 0 N–H and O–H groups in total. The van der Waals surface area contributed by atoms with E-state index in [-0.39, 0.29) is 0 Å². The Balaban J connectivity index is 0.00000145. The number of hydrogen-bond acceptors (Lipinski definition) is 6. The van der Waals surface area contributed by atoms with Crippen LogP contribution < -0.4 is 9.64 Å². The summed E-state index contributed by atoms with van der Waals surface area (Å²) in [5, 5.41) is 18.0. The fraction of sp³-hybridized carbons (Fsp3) is 0.571. The van der Waals surface area contributed by atoms with E-state index in [1.165, 1.54) is 0 Å². The van der Waals surface area contributed by atoms with Crippen LogP contribution in [0.2, 0.25) is 0 Å². The van der Waals surface area contributed by atoms with Crippen molar-refractivity contribution in [3.05, 3.63) is 34.3 Å². The van der Waals surface area contributed by atoms with Crippen LogP contribution in [0.1, 0.15) is 44.0 Å². The third-order valence-corrected chi connectivity index (χ3v) is 5.56. The number of nitriles is 1. The summed E-state index contributed by atoms with van der Waals surface area (Å²) in [5.41, 5.74) is 1.52. The molecular weight excluding hydrogens is 432 g/mol. The van der Waals surface area contributed by atoms with Gasteiger partial charge in [-0.2, -0.15) is 5.26 Å². The maximum Gasteiger partial charge on any atom is 0.139 e. The Labute approximate surface area is 182 Å². The highest BCUT2D eigenvalue weighted by Gasteiger charge is 2.27. The molecule has 0 spiro atoms. The van der Waals surface area contributed by atoms with Gasteiger partial charge in [-0.1, -0.05) is 13.8 Å². The molecule has 7 nitrogen and oxygen atoms in total. The van der Waals surface area contributed by atoms with Crippen molar-refractivity contribution in [3.63, 3.8) is 0 Å². The zero-order valence-electron chi connectivity index (χ0n) is 18.0. The Kier molecular flexibility index (Phi) is 8.93. The zero-order valence-corrected chi connectivity index (χ0v) is 19.6. The summed E-state index contributed by atoms with van der Waals surface area (Å²) in [4.78, 5) is 4.33. The molecule has 8 heteroatoms. The van der Waals surface area contributed by atoms with Crippen LogP contribution in [0.3, 0.4) is 0 Å². The molecule has 158 valence electrons. The molecule has 0 atom stereocenters. The fourth-order valence-electron chi connectivity index (χ4n) is 3.45. The van der Waals surface area contributed by atoms with Crippen molar-refractivity contribution in [2.45, 2.75) is 32.6 Å². The Morgan fingerprint density at radius 2 is 1.97 bits per heavy atom. The highest BCUT2D eigenvalue weighted by molar-refractivity contribution is 9.10. The first-order valence-electron chi connectivity index (χ1n) is 10.1. The van der Waals surface area contributed by atoms with Crippen LogP contribution in [0.5, 0.6) is 5.75 Å². The highest BCUT2D eigenvalue weighted by Crippen LogP contribution is 2.39. The molecule has 0 unspecified atom stereocenters. The van der Waals surface area contributed by atoms with Crippen LogP contribution in [0.25, 0.3) is 0 Å². The molecular formula is C21H31BrN6O. The van der Waals surface area contributed by atoms with E-state index in [1.807, 2.05) is 51.7 Å². The van der Waals surface area contributed by atoms with Crippen molar-refractivity contribution in [2.75, 3.05) is 45.2 Å². The van der Waals surface area contributed by atoms with Gasteiger partial charge >= 0.3 is 0 Å². The summed E-state index contributed by atoms with van der Waals surface area (Å²) in [5.74, 6) is 2.08. The molecule has 1 aromatic carbocycles. The van der Waals surface area contributed by atoms with E-state index in [0.29, 0.717) is 23.8 Å². The van der Waals surface area contributed by atoms with Gasteiger partial charge in [-0.25, -0.2) is 0 Å². The van der Waals surface area contributed by atoms with Crippen LogP contribution in [0.15, 0.2) is 22.9 Å². The second-order valence-electron chi connectivity index (χ2n) is 7.09. The van der Waals surface area contributed by atoms with Crippen molar-refractivity contribution in [3.8, 4) is 11.8 Å². The molecule has 1 fully saturated rings. The Morgan fingerprint density at radius 1 is 1.28 bits per heavy atom. The zero-order chi connectivity index (χ0) is 21.4. The Morgan fingerprint density at radius 3 is 2.52 bits per heavy atom. The maximum absolute atomic E-state index is 9.79. The lowest BCUT2D eigenvalue weighted by atomic mass is 9.95. The molecule has 0 amide bonds. The van der Waals surface area contributed by atoms with Gasteiger partial charge in [0, 0.05) is 37.1 Å². The standard InChI is InChI=1S/C19H25BrN6O.C2H6/c1-24(2)10-11-27-17-5-4-16(20)18(15(17)12-21)26-8-6-14(7-9-26)19-23-22-13-25(19)3;1-2/h4-5,13-14H,6-11H2,1-3H3;1-2H3. The number of likely N-dealkylation sites (N-methyl/N-ethyl adjacent to an activating group) is 1. The molecule has 0 aliphatic carbocycles. The average Bonchev–Trinajstić information content (AvgIpc) is 3.16. The molecule has 1 saturated heterocycles. The summed E-state index contributed by atoms with van der Waals surface area (Å²) in [6.45, 7) is 7.09. The quantitative estimate of drug-likeness (QED) is 0.649. The number of piperidine rings is 1. The van der Waals surface area contributed by atoms with E-state index < -0.39 is 0 Å². The van der Waals surface area contributed by atoms with E-state index in [2.05, 4.69) is 42.0 Å². The minimum absolute atomic E-state index is 0.401. The molecule has 1 aliphatic rings. The van der Waals surface area contributed by atoms with E-state index in [0.717, 1.165) is 48.5 Å². The molecule has 0 bridgehead atoms. The van der Waals surface area contributed by atoms with E-state index in [9.17, 15) is 5.26 Å². The van der Waals surface area contributed by atoms with Crippen LogP contribution in [0.4, 0.5) is 5.69 Å². The number of halogens is 1. The number of rotatable bonds is 6. The molecule has 2 heterocycles. The first-order chi connectivity index (χ1) is 14.0. The first-order valence-corrected chi connectivity index (χ1v) is 10.9. The first kappa shape index (κ1) is 23.2. The van der Waals surface area contributed by atoms with E-state index >= 15 is 0 Å². The highest BCUT2D eigenvalue weighted by atomic mass is 79.9. The number of benzene rings is 1. The lowest BCUT2D eigenvalue weighted by Gasteiger charge is -2.34. The lowest BCUT2D eigenvalue weighted by molar-refractivity contribution is 0.261. The fourth-order valence-corrected chi connectivity index (χ4v) is 4.03. The number of anilines is 1. The Bertz CT molecular complexity index is 821. The number of aromatic nitrogens is 3. The van der Waals surface area contributed by atoms with Crippen LogP contribution in [-0.4, -0.2) is 60.0 Å². The largest absolute Gasteiger partial charge is 0.491 e. The summed E-state index contributed by atoms with van der Waals surface area (Å²) in [7, 11) is 5.99. The van der Waals surface area contributed by atoms with Gasteiger partial charge in [-0.05, 0) is 55.0 Å². The molecule has 2 aromatic rings. The smallest absolute Gasteiger partial charge is 0.139 e. The number of hydrogen-bond donors (Lipinski definition) is 0. The number of nitrogens with zero attached hydrogens (tertiary/aromatic N) is 6. The Hall–Kier alpha value is -2.11. The van der Waals surface area contributed by atoms with Gasteiger partial charge in [0.25, 0.3) is 0 Å². The van der Waals surface area contributed by atoms with Crippen molar-refractivity contribution in [2.24, 2.45) is 7.05 Å². The van der Waals surface area contributed by atoms with Crippen molar-refractivity contribution >= 4 is 21.6 Å². The van der Waals surface area contributed by atoms with Crippen LogP contribution >= 0.6 is 15.9 Å². The third kappa shape index (κ3) is 5.71. The molecule has 1 aliphatic heterocycles. The normalized spacial score (nSPS) is 14.3. The average molecular weight is 463 g/mol. The van der Waals surface area contributed by atoms with Crippen molar-refractivity contribution < 1.29 is 4.74 Å². The van der Waals surface area contributed by atoms with Gasteiger partial charge in [0.15, 0.2) is 0 Å². The van der Waals surface area contributed by atoms with Gasteiger partial charge < -0.3 is 19.1 Å². The summed E-state index contributed by atoms with van der Waals surface area (Å²) in [6.07, 6.45) is 3.71. The second kappa shape index (κ2) is 11.2. The van der Waals surface area contributed by atoms with Gasteiger partial charge in [-0.3, -0.25) is 0 Å². The van der Waals surface area contributed by atoms with Crippen molar-refractivity contribution in [1.29, 1.82) is 5.26 Å². The number of aryl methyl sites for hydroxylation is 1. The molecule has 0 saturated carbocycles. The number of ether oxygens (including phenoxy) is 1. The third-order valence-electron chi connectivity index (χ3n) is 4.92. The van der Waals surface area contributed by atoms with Gasteiger partial charge in [0.2, 0.25) is 0 Å². The minimum Gasteiger partial charge on any atom is -0.491 e. The predicted molar refractivity (Wildman–Crippen MR) is 119 cm³/mol. The van der Waals surface area contributed by atoms with Crippen molar-refractivity contribution in [1.82, 2.24) is 19.7 Å². The molecule has 29 heavy (non-hydrogen) atoms. The maximum atomic E-state index is 9.79.